The number of amides is 1. The number of furan rings is 1. The molecule has 0 saturated carbocycles. The number of hydrogen-bond acceptors (Lipinski definition) is 6. The first-order chi connectivity index (χ1) is 14.9. The van der Waals surface area contributed by atoms with Crippen LogP contribution in [-0.4, -0.2) is 46.7 Å². The van der Waals surface area contributed by atoms with Crippen molar-refractivity contribution >= 4 is 23.5 Å². The van der Waals surface area contributed by atoms with Gasteiger partial charge in [0.1, 0.15) is 11.9 Å². The van der Waals surface area contributed by atoms with Gasteiger partial charge in [0, 0.05) is 42.4 Å². The highest BCUT2D eigenvalue weighted by molar-refractivity contribution is 7.99. The first-order valence-corrected chi connectivity index (χ1v) is 12.1. The van der Waals surface area contributed by atoms with E-state index < -0.39 is 0 Å². The number of pyridine rings is 1. The van der Waals surface area contributed by atoms with Crippen molar-refractivity contribution in [3.8, 4) is 6.07 Å². The van der Waals surface area contributed by atoms with Gasteiger partial charge in [0.25, 0.3) is 5.91 Å². The number of nitrogens with zero attached hydrogens (tertiary/aromatic N) is 4. The number of anilines is 1. The van der Waals surface area contributed by atoms with Crippen molar-refractivity contribution in [1.82, 2.24) is 9.88 Å². The molecule has 4 rings (SSSR count). The fraction of sp³-hybridized carbons (Fsp3) is 0.542. The van der Waals surface area contributed by atoms with Crippen LogP contribution in [0.2, 0.25) is 0 Å². The van der Waals surface area contributed by atoms with Gasteiger partial charge in [-0.1, -0.05) is 27.2 Å². The molecule has 164 valence electrons. The van der Waals surface area contributed by atoms with Crippen molar-refractivity contribution in [2.45, 2.75) is 57.0 Å². The summed E-state index contributed by atoms with van der Waals surface area (Å²) in [5, 5.41) is 10.1. The Morgan fingerprint density at radius 3 is 2.71 bits per heavy atom. The molecule has 1 amide bonds. The second-order valence-electron chi connectivity index (χ2n) is 8.91. The Hall–Kier alpha value is -2.46. The molecule has 0 unspecified atom stereocenters. The number of aromatic nitrogens is 1. The zero-order valence-electron chi connectivity index (χ0n) is 18.6. The Balaban J connectivity index is 1.62. The van der Waals surface area contributed by atoms with Gasteiger partial charge in [-0.25, -0.2) is 4.98 Å². The van der Waals surface area contributed by atoms with Crippen LogP contribution in [0.5, 0.6) is 0 Å². The van der Waals surface area contributed by atoms with Gasteiger partial charge in [-0.05, 0) is 42.5 Å². The summed E-state index contributed by atoms with van der Waals surface area (Å²) in [6.45, 7) is 9.23. The molecule has 0 atom stereocenters. The van der Waals surface area contributed by atoms with Gasteiger partial charge in [-0.3, -0.25) is 4.79 Å². The quantitative estimate of drug-likeness (QED) is 0.688. The number of rotatable bonds is 5. The number of carbonyl (C=O) groups is 1. The van der Waals surface area contributed by atoms with E-state index in [0.717, 1.165) is 48.5 Å². The van der Waals surface area contributed by atoms with Crippen LogP contribution in [0.1, 0.15) is 66.6 Å². The number of hydrogen-bond donors (Lipinski definition) is 0. The Morgan fingerprint density at radius 1 is 1.29 bits per heavy atom. The summed E-state index contributed by atoms with van der Waals surface area (Å²) in [5.74, 6) is 2.03. The van der Waals surface area contributed by atoms with E-state index in [-0.39, 0.29) is 10.7 Å². The van der Waals surface area contributed by atoms with Crippen LogP contribution >= 0.6 is 11.8 Å². The number of unbranched alkanes of at least 4 members (excludes halogenated alkanes) is 1. The number of piperazine rings is 1. The lowest BCUT2D eigenvalue weighted by Crippen LogP contribution is -2.49. The van der Waals surface area contributed by atoms with Gasteiger partial charge >= 0.3 is 0 Å². The van der Waals surface area contributed by atoms with Gasteiger partial charge in [-0.2, -0.15) is 17.0 Å². The Bertz CT molecular complexity index is 986. The molecule has 0 N–H and O–H groups in total. The SMILES string of the molecule is CCCCc1nc(N2CCN(C(=O)c3ccco3)CC2)c(C#N)c2c1CSC(C)(C)C2. The third-order valence-electron chi connectivity index (χ3n) is 6.17. The first kappa shape index (κ1) is 21.8. The molecule has 2 aliphatic rings. The van der Waals surface area contributed by atoms with E-state index in [1.807, 2.05) is 16.7 Å². The molecule has 7 heteroatoms. The molecule has 1 saturated heterocycles. The van der Waals surface area contributed by atoms with E-state index in [0.29, 0.717) is 31.9 Å². The largest absolute Gasteiger partial charge is 0.459 e. The average molecular weight is 439 g/mol. The van der Waals surface area contributed by atoms with Crippen molar-refractivity contribution in [1.29, 1.82) is 5.26 Å². The summed E-state index contributed by atoms with van der Waals surface area (Å²) >= 11 is 1.96. The zero-order valence-corrected chi connectivity index (χ0v) is 19.4. The Morgan fingerprint density at radius 2 is 2.06 bits per heavy atom. The standard InChI is InChI=1S/C24H30N4O2S/c1-4-5-7-20-19-16-31-24(2,3)14-17(19)18(15-25)22(26-20)27-9-11-28(12-10-27)23(29)21-8-6-13-30-21/h6,8,13H,4-5,7,9-12,14,16H2,1-3H3. The average Bonchev–Trinajstić information content (AvgIpc) is 3.31. The second kappa shape index (κ2) is 8.96. The molecule has 1 fully saturated rings. The van der Waals surface area contributed by atoms with Gasteiger partial charge in [0.15, 0.2) is 5.76 Å². The van der Waals surface area contributed by atoms with Gasteiger partial charge in [0.05, 0.1) is 11.8 Å². The van der Waals surface area contributed by atoms with Crippen LogP contribution in [-0.2, 0) is 18.6 Å². The maximum absolute atomic E-state index is 12.6. The first-order valence-electron chi connectivity index (χ1n) is 11.1. The number of carbonyl (C=O) groups excluding carboxylic acids is 1. The van der Waals surface area contributed by atoms with Crippen LogP contribution in [0.15, 0.2) is 22.8 Å². The van der Waals surface area contributed by atoms with Crippen LogP contribution in [0.25, 0.3) is 0 Å². The fourth-order valence-corrected chi connectivity index (χ4v) is 5.52. The lowest BCUT2D eigenvalue weighted by atomic mass is 9.91. The van der Waals surface area contributed by atoms with Crippen molar-refractivity contribution in [2.75, 3.05) is 31.1 Å². The molecule has 0 aromatic carbocycles. The molecule has 2 aromatic heterocycles. The van der Waals surface area contributed by atoms with Gasteiger partial charge < -0.3 is 14.2 Å². The molecule has 4 heterocycles. The summed E-state index contributed by atoms with van der Waals surface area (Å²) in [7, 11) is 0. The zero-order chi connectivity index (χ0) is 22.0. The van der Waals surface area contributed by atoms with Crippen LogP contribution in [0.4, 0.5) is 5.82 Å². The van der Waals surface area contributed by atoms with Gasteiger partial charge in [-0.15, -0.1) is 0 Å². The number of nitriles is 1. The summed E-state index contributed by atoms with van der Waals surface area (Å²) in [6, 6.07) is 5.92. The molecule has 2 aliphatic heterocycles. The molecule has 2 aromatic rings. The molecular weight excluding hydrogens is 408 g/mol. The van der Waals surface area contributed by atoms with E-state index in [4.69, 9.17) is 9.40 Å². The highest BCUT2D eigenvalue weighted by Gasteiger charge is 2.33. The van der Waals surface area contributed by atoms with Crippen LogP contribution in [0.3, 0.4) is 0 Å². The molecule has 31 heavy (non-hydrogen) atoms. The highest BCUT2D eigenvalue weighted by Crippen LogP contribution is 2.42. The lowest BCUT2D eigenvalue weighted by Gasteiger charge is -2.38. The third-order valence-corrected chi connectivity index (χ3v) is 7.52. The maximum atomic E-state index is 12.6. The topological polar surface area (TPSA) is 73.4 Å². The number of fused-ring (bicyclic) bond motifs is 1. The van der Waals surface area contributed by atoms with Crippen molar-refractivity contribution in [2.24, 2.45) is 0 Å². The molecule has 0 aliphatic carbocycles. The van der Waals surface area contributed by atoms with E-state index in [9.17, 15) is 10.1 Å². The molecule has 6 nitrogen and oxygen atoms in total. The molecule has 0 radical (unpaired) electrons. The van der Waals surface area contributed by atoms with Gasteiger partial charge in [0.2, 0.25) is 0 Å². The van der Waals surface area contributed by atoms with Crippen LogP contribution < -0.4 is 4.90 Å². The van der Waals surface area contributed by atoms with E-state index >= 15 is 0 Å². The smallest absolute Gasteiger partial charge is 0.289 e. The molecule has 0 spiro atoms. The summed E-state index contributed by atoms with van der Waals surface area (Å²) < 4.78 is 5.39. The summed E-state index contributed by atoms with van der Waals surface area (Å²) in [4.78, 5) is 21.7. The minimum atomic E-state index is -0.0778. The minimum absolute atomic E-state index is 0.0778. The number of aryl methyl sites for hydroxylation is 1. The predicted molar refractivity (Wildman–Crippen MR) is 123 cm³/mol. The minimum Gasteiger partial charge on any atom is -0.459 e. The van der Waals surface area contributed by atoms with Crippen LogP contribution in [0, 0.1) is 11.3 Å². The normalized spacial score (nSPS) is 17.9. The van der Waals surface area contributed by atoms with Crippen molar-refractivity contribution in [3.05, 3.63) is 46.5 Å². The fourth-order valence-electron chi connectivity index (χ4n) is 4.40. The summed E-state index contributed by atoms with van der Waals surface area (Å²) in [5.41, 5.74) is 4.36. The second-order valence-corrected chi connectivity index (χ2v) is 10.6. The maximum Gasteiger partial charge on any atom is 0.289 e. The summed E-state index contributed by atoms with van der Waals surface area (Å²) in [6.07, 6.45) is 5.59. The Labute approximate surface area is 188 Å². The predicted octanol–water partition coefficient (Wildman–Crippen LogP) is 4.42. The van der Waals surface area contributed by atoms with Crippen molar-refractivity contribution < 1.29 is 9.21 Å². The Kier molecular flexibility index (Phi) is 6.29. The number of thioether (sulfide) groups is 1. The van der Waals surface area contributed by atoms with E-state index in [1.54, 1.807) is 12.1 Å². The van der Waals surface area contributed by atoms with E-state index in [2.05, 4.69) is 31.7 Å². The molecular formula is C24H30N4O2S. The highest BCUT2D eigenvalue weighted by atomic mass is 32.2. The lowest BCUT2D eigenvalue weighted by molar-refractivity contribution is 0.0714. The van der Waals surface area contributed by atoms with Crippen molar-refractivity contribution in [3.63, 3.8) is 0 Å². The van der Waals surface area contributed by atoms with E-state index in [1.165, 1.54) is 17.4 Å². The molecule has 0 bridgehead atoms. The third kappa shape index (κ3) is 4.45. The monoisotopic (exact) mass is 438 g/mol.